The van der Waals surface area contributed by atoms with Crippen molar-refractivity contribution in [2.45, 2.75) is 26.1 Å². The molecular formula is C19H18F3N3O3. The zero-order valence-corrected chi connectivity index (χ0v) is 15.1. The van der Waals surface area contributed by atoms with Crippen molar-refractivity contribution in [2.24, 2.45) is 10.3 Å². The van der Waals surface area contributed by atoms with Crippen molar-refractivity contribution in [3.63, 3.8) is 0 Å². The van der Waals surface area contributed by atoms with Crippen molar-refractivity contribution in [1.29, 1.82) is 0 Å². The molecule has 9 heteroatoms. The molecule has 1 aromatic heterocycles. The fraction of sp³-hybridized carbons (Fsp3) is 0.316. The molecule has 0 saturated heterocycles. The maximum absolute atomic E-state index is 12.5. The maximum atomic E-state index is 12.5. The number of aromatic nitrogens is 1. The van der Waals surface area contributed by atoms with Crippen molar-refractivity contribution < 1.29 is 27.6 Å². The summed E-state index contributed by atoms with van der Waals surface area (Å²) in [5.41, 5.74) is 2.04. The van der Waals surface area contributed by atoms with Crippen molar-refractivity contribution in [1.82, 2.24) is 4.98 Å². The molecule has 0 unspecified atom stereocenters. The maximum Gasteiger partial charge on any atom is 0.416 e. The number of oxime groups is 2. The van der Waals surface area contributed by atoms with Crippen molar-refractivity contribution in [2.75, 3.05) is 13.2 Å². The Morgan fingerprint density at radius 2 is 1.93 bits per heavy atom. The Bertz CT molecular complexity index is 847. The molecule has 1 aliphatic rings. The van der Waals surface area contributed by atoms with Gasteiger partial charge in [-0.05, 0) is 30.7 Å². The molecule has 0 radical (unpaired) electrons. The highest BCUT2D eigenvalue weighted by Gasteiger charge is 2.29. The SMILES string of the molecule is C/C(=N\OCc1ccc(C(F)(F)F)cc1)c1ccc(OCC2=NOCC2)nc1. The standard InChI is InChI=1S/C19H18F3N3O3/c1-13(24-28-11-14-2-5-16(6-3-14)19(20,21)22)15-4-7-18(23-10-15)26-12-17-8-9-27-25-17/h2-7,10H,8-9,11-12H2,1H3/b24-13+. The van der Waals surface area contributed by atoms with Crippen LogP contribution in [0.15, 0.2) is 52.9 Å². The summed E-state index contributed by atoms with van der Waals surface area (Å²) >= 11 is 0. The average Bonchev–Trinajstić information content (AvgIpc) is 3.20. The Labute approximate surface area is 159 Å². The zero-order chi connectivity index (χ0) is 20.0. The Morgan fingerprint density at radius 1 is 1.14 bits per heavy atom. The number of hydrogen-bond donors (Lipinski definition) is 0. The van der Waals surface area contributed by atoms with Gasteiger partial charge in [-0.25, -0.2) is 4.98 Å². The van der Waals surface area contributed by atoms with E-state index < -0.39 is 11.7 Å². The van der Waals surface area contributed by atoms with E-state index in [0.717, 1.165) is 29.8 Å². The topological polar surface area (TPSA) is 65.3 Å². The molecule has 0 atom stereocenters. The van der Waals surface area contributed by atoms with Gasteiger partial charge >= 0.3 is 6.18 Å². The molecule has 0 aliphatic carbocycles. The van der Waals surface area contributed by atoms with E-state index in [2.05, 4.69) is 15.3 Å². The van der Waals surface area contributed by atoms with E-state index in [4.69, 9.17) is 14.4 Å². The molecule has 0 spiro atoms. The Kier molecular flexibility index (Phi) is 6.13. The summed E-state index contributed by atoms with van der Waals surface area (Å²) in [6.07, 6.45) is -2.00. The lowest BCUT2D eigenvalue weighted by atomic mass is 10.1. The van der Waals surface area contributed by atoms with Gasteiger partial charge in [-0.2, -0.15) is 13.2 Å². The minimum atomic E-state index is -4.35. The molecule has 0 amide bonds. The number of alkyl halides is 3. The first-order valence-corrected chi connectivity index (χ1v) is 8.51. The molecule has 0 fully saturated rings. The Balaban J connectivity index is 1.50. The molecule has 2 aromatic rings. The Hall–Kier alpha value is -3.10. The van der Waals surface area contributed by atoms with Gasteiger partial charge in [0.25, 0.3) is 0 Å². The third-order valence-electron chi connectivity index (χ3n) is 3.93. The van der Waals surface area contributed by atoms with Crippen LogP contribution in [0.3, 0.4) is 0 Å². The van der Waals surface area contributed by atoms with E-state index in [9.17, 15) is 13.2 Å². The molecule has 0 bridgehead atoms. The van der Waals surface area contributed by atoms with E-state index in [0.29, 0.717) is 30.4 Å². The number of hydrogen-bond acceptors (Lipinski definition) is 6. The highest BCUT2D eigenvalue weighted by atomic mass is 19.4. The number of nitrogens with zero attached hydrogens (tertiary/aromatic N) is 3. The second-order valence-electron chi connectivity index (χ2n) is 6.06. The van der Waals surface area contributed by atoms with E-state index >= 15 is 0 Å². The predicted octanol–water partition coefficient (Wildman–Crippen LogP) is 4.20. The fourth-order valence-electron chi connectivity index (χ4n) is 2.33. The van der Waals surface area contributed by atoms with Crippen LogP contribution in [0.5, 0.6) is 5.88 Å². The summed E-state index contributed by atoms with van der Waals surface area (Å²) < 4.78 is 43.1. The second kappa shape index (κ2) is 8.73. The first kappa shape index (κ1) is 19.7. The van der Waals surface area contributed by atoms with E-state index in [1.165, 1.54) is 12.1 Å². The van der Waals surface area contributed by atoms with Crippen LogP contribution < -0.4 is 4.74 Å². The van der Waals surface area contributed by atoms with E-state index in [1.807, 2.05) is 0 Å². The lowest BCUT2D eigenvalue weighted by Gasteiger charge is -2.07. The normalized spacial score (nSPS) is 14.4. The van der Waals surface area contributed by atoms with E-state index in [-0.39, 0.29) is 6.61 Å². The molecule has 148 valence electrons. The summed E-state index contributed by atoms with van der Waals surface area (Å²) in [5, 5.41) is 7.82. The van der Waals surface area contributed by atoms with Gasteiger partial charge in [-0.1, -0.05) is 22.4 Å². The van der Waals surface area contributed by atoms with Gasteiger partial charge in [0, 0.05) is 24.2 Å². The quantitative estimate of drug-likeness (QED) is 0.523. The molecule has 1 aromatic carbocycles. The Morgan fingerprint density at radius 3 is 2.54 bits per heavy atom. The number of pyridine rings is 1. The van der Waals surface area contributed by atoms with Crippen LogP contribution in [0, 0.1) is 0 Å². The highest BCUT2D eigenvalue weighted by molar-refractivity contribution is 5.98. The van der Waals surface area contributed by atoms with Crippen LogP contribution in [0.1, 0.15) is 30.0 Å². The van der Waals surface area contributed by atoms with Gasteiger partial charge in [-0.3, -0.25) is 0 Å². The molecule has 2 heterocycles. The summed E-state index contributed by atoms with van der Waals surface area (Å²) in [6, 6.07) is 8.25. The molecule has 1 aliphatic heterocycles. The van der Waals surface area contributed by atoms with Crippen molar-refractivity contribution in [3.05, 3.63) is 59.3 Å². The summed E-state index contributed by atoms with van der Waals surface area (Å²) in [5.74, 6) is 0.455. The first-order valence-electron chi connectivity index (χ1n) is 8.51. The van der Waals surface area contributed by atoms with Gasteiger partial charge in [0.05, 0.1) is 17.0 Å². The fourth-order valence-corrected chi connectivity index (χ4v) is 2.33. The second-order valence-corrected chi connectivity index (χ2v) is 6.06. The third-order valence-corrected chi connectivity index (χ3v) is 3.93. The van der Waals surface area contributed by atoms with Crippen LogP contribution in [0.2, 0.25) is 0 Å². The van der Waals surface area contributed by atoms with Crippen LogP contribution in [-0.2, 0) is 22.5 Å². The molecule has 6 nitrogen and oxygen atoms in total. The summed E-state index contributed by atoms with van der Waals surface area (Å²) in [4.78, 5) is 14.3. The van der Waals surface area contributed by atoms with Gasteiger partial charge in [0.15, 0.2) is 0 Å². The van der Waals surface area contributed by atoms with Gasteiger partial charge < -0.3 is 14.4 Å². The van der Waals surface area contributed by atoms with E-state index in [1.54, 1.807) is 25.3 Å². The first-order chi connectivity index (χ1) is 13.4. The van der Waals surface area contributed by atoms with Crippen molar-refractivity contribution in [3.8, 4) is 5.88 Å². The number of halogens is 3. The zero-order valence-electron chi connectivity index (χ0n) is 15.1. The van der Waals surface area contributed by atoms with Gasteiger partial charge in [0.1, 0.15) is 19.8 Å². The lowest BCUT2D eigenvalue weighted by Crippen LogP contribution is -2.10. The monoisotopic (exact) mass is 393 g/mol. The summed E-state index contributed by atoms with van der Waals surface area (Å²) in [7, 11) is 0. The molecule has 3 rings (SSSR count). The average molecular weight is 393 g/mol. The molecule has 0 N–H and O–H groups in total. The van der Waals surface area contributed by atoms with Crippen LogP contribution in [0.25, 0.3) is 0 Å². The van der Waals surface area contributed by atoms with Gasteiger partial charge in [0.2, 0.25) is 5.88 Å². The van der Waals surface area contributed by atoms with Crippen LogP contribution >= 0.6 is 0 Å². The minimum absolute atomic E-state index is 0.0638. The number of rotatable bonds is 7. The molecule has 0 saturated carbocycles. The van der Waals surface area contributed by atoms with Crippen LogP contribution in [-0.4, -0.2) is 29.6 Å². The van der Waals surface area contributed by atoms with Crippen LogP contribution in [0.4, 0.5) is 13.2 Å². The molecule has 28 heavy (non-hydrogen) atoms. The lowest BCUT2D eigenvalue weighted by molar-refractivity contribution is -0.137. The summed E-state index contributed by atoms with van der Waals surface area (Å²) in [6.45, 7) is 2.71. The molecular weight excluding hydrogens is 375 g/mol. The minimum Gasteiger partial charge on any atom is -0.471 e. The third kappa shape index (κ3) is 5.45. The van der Waals surface area contributed by atoms with Gasteiger partial charge in [-0.15, -0.1) is 0 Å². The highest BCUT2D eigenvalue weighted by Crippen LogP contribution is 2.29. The largest absolute Gasteiger partial charge is 0.471 e. The number of benzene rings is 1. The predicted molar refractivity (Wildman–Crippen MR) is 96.2 cm³/mol. The van der Waals surface area contributed by atoms with Crippen molar-refractivity contribution >= 4 is 11.4 Å². The number of ether oxygens (including phenoxy) is 1. The smallest absolute Gasteiger partial charge is 0.416 e.